The fourth-order valence-corrected chi connectivity index (χ4v) is 7.12. The molecule has 1 fully saturated rings. The summed E-state index contributed by atoms with van der Waals surface area (Å²) in [7, 11) is 0. The number of imide groups is 2. The van der Waals surface area contributed by atoms with Crippen LogP contribution in [-0.4, -0.2) is 37.5 Å². The lowest BCUT2D eigenvalue weighted by Gasteiger charge is -2.44. The van der Waals surface area contributed by atoms with Crippen molar-refractivity contribution in [1.82, 2.24) is 5.32 Å². The Kier molecular flexibility index (Phi) is 7.63. The van der Waals surface area contributed by atoms with Crippen molar-refractivity contribution in [1.29, 1.82) is 0 Å². The first-order chi connectivity index (χ1) is 21.9. The summed E-state index contributed by atoms with van der Waals surface area (Å²) in [6.45, 7) is 4.08. The second kappa shape index (κ2) is 11.9. The van der Waals surface area contributed by atoms with Gasteiger partial charge in [-0.3, -0.25) is 14.9 Å². The van der Waals surface area contributed by atoms with Gasteiger partial charge in [-0.05, 0) is 78.4 Å². The maximum atomic E-state index is 14.1. The molecular formula is C37H32ClN3O4. The molecule has 0 aliphatic carbocycles. The summed E-state index contributed by atoms with van der Waals surface area (Å²) in [4.78, 5) is 44.3. The molecule has 3 aliphatic heterocycles. The van der Waals surface area contributed by atoms with Crippen molar-refractivity contribution in [2.24, 2.45) is 0 Å². The van der Waals surface area contributed by atoms with Crippen LogP contribution in [0.2, 0.25) is 5.02 Å². The van der Waals surface area contributed by atoms with Gasteiger partial charge in [-0.2, -0.15) is 0 Å². The Labute approximate surface area is 267 Å². The number of hydrogen-bond donors (Lipinski definition) is 1. The van der Waals surface area contributed by atoms with E-state index in [0.29, 0.717) is 28.6 Å². The number of carbonyl (C=O) groups excluding carboxylic acids is 3. The third kappa shape index (κ3) is 5.27. The highest BCUT2D eigenvalue weighted by molar-refractivity contribution is 6.39. The summed E-state index contributed by atoms with van der Waals surface area (Å²) < 4.78 is 5.72. The zero-order valence-electron chi connectivity index (χ0n) is 24.8. The van der Waals surface area contributed by atoms with Crippen LogP contribution in [0.4, 0.5) is 16.2 Å². The molecule has 1 saturated heterocycles. The number of barbiturate groups is 1. The Morgan fingerprint density at radius 1 is 0.844 bits per heavy atom. The molecule has 0 spiro atoms. The van der Waals surface area contributed by atoms with Gasteiger partial charge in [-0.15, -0.1) is 0 Å². The smallest absolute Gasteiger partial charge is 0.335 e. The number of ether oxygens (including phenoxy) is 1. The van der Waals surface area contributed by atoms with E-state index >= 15 is 0 Å². The van der Waals surface area contributed by atoms with Crippen molar-refractivity contribution < 1.29 is 19.1 Å². The molecule has 1 N–H and O–H groups in total. The van der Waals surface area contributed by atoms with Crippen LogP contribution in [0.3, 0.4) is 0 Å². The van der Waals surface area contributed by atoms with E-state index < -0.39 is 17.8 Å². The van der Waals surface area contributed by atoms with E-state index in [9.17, 15) is 14.4 Å². The number of anilines is 2. The molecule has 4 amide bonds. The van der Waals surface area contributed by atoms with Gasteiger partial charge in [0.25, 0.3) is 11.8 Å². The van der Waals surface area contributed by atoms with Crippen molar-refractivity contribution in [3.05, 3.63) is 129 Å². The van der Waals surface area contributed by atoms with Gasteiger partial charge >= 0.3 is 6.03 Å². The Morgan fingerprint density at radius 2 is 1.44 bits per heavy atom. The molecule has 2 atom stereocenters. The number of rotatable bonds is 6. The van der Waals surface area contributed by atoms with Crippen molar-refractivity contribution in [3.8, 4) is 5.75 Å². The first-order valence-electron chi connectivity index (χ1n) is 15.3. The van der Waals surface area contributed by atoms with Gasteiger partial charge in [0.1, 0.15) is 11.3 Å². The summed E-state index contributed by atoms with van der Waals surface area (Å²) in [5, 5.41) is 2.83. The molecule has 7 nitrogen and oxygen atoms in total. The number of amides is 4. The van der Waals surface area contributed by atoms with Crippen LogP contribution < -0.4 is 19.9 Å². The molecule has 0 saturated carbocycles. The van der Waals surface area contributed by atoms with Gasteiger partial charge in [0.2, 0.25) is 0 Å². The molecular weight excluding hydrogens is 586 g/mol. The molecule has 3 aliphatic rings. The van der Waals surface area contributed by atoms with E-state index in [2.05, 4.69) is 34.5 Å². The van der Waals surface area contributed by atoms with Crippen molar-refractivity contribution >= 4 is 46.9 Å². The van der Waals surface area contributed by atoms with Gasteiger partial charge in [-0.25, -0.2) is 9.69 Å². The van der Waals surface area contributed by atoms with Gasteiger partial charge in [0, 0.05) is 41.2 Å². The standard InChI is InChI=1S/C37H32ClN3O4/c1-2-45-33-14-13-26(38)19-25(33)20-32-35(42)39-37(44)41(36(32)43)27-21-30-28(23-9-5-3-6-10-23)15-17-40-18-16-29(31(22-27)34(30)40)24-11-7-4-8-12-24/h3-14,19-22,28-29H,2,15-18H2,1H3,(H,39,42,44)/b32-20+/t28-,29+. The van der Waals surface area contributed by atoms with E-state index in [1.165, 1.54) is 22.9 Å². The summed E-state index contributed by atoms with van der Waals surface area (Å²) in [6, 6.07) is 28.9. The minimum atomic E-state index is -0.776. The van der Waals surface area contributed by atoms with Crippen LogP contribution in [0.1, 0.15) is 59.4 Å². The molecule has 226 valence electrons. The van der Waals surface area contributed by atoms with E-state index in [0.717, 1.165) is 42.0 Å². The predicted octanol–water partition coefficient (Wildman–Crippen LogP) is 7.28. The fraction of sp³-hybridized carbons (Fsp3) is 0.216. The van der Waals surface area contributed by atoms with Crippen molar-refractivity contribution in [3.63, 3.8) is 0 Å². The molecule has 45 heavy (non-hydrogen) atoms. The second-order valence-corrected chi connectivity index (χ2v) is 12.0. The van der Waals surface area contributed by atoms with Crippen LogP contribution in [-0.2, 0) is 9.59 Å². The highest BCUT2D eigenvalue weighted by atomic mass is 35.5. The number of benzene rings is 4. The monoisotopic (exact) mass is 617 g/mol. The quantitative estimate of drug-likeness (QED) is 0.182. The van der Waals surface area contributed by atoms with Gasteiger partial charge in [0.15, 0.2) is 0 Å². The zero-order chi connectivity index (χ0) is 31.1. The second-order valence-electron chi connectivity index (χ2n) is 11.5. The number of nitrogens with one attached hydrogen (secondary N) is 1. The number of nitrogens with zero attached hydrogens (tertiary/aromatic N) is 2. The van der Waals surface area contributed by atoms with Crippen LogP contribution >= 0.6 is 11.6 Å². The van der Waals surface area contributed by atoms with E-state index in [1.54, 1.807) is 18.2 Å². The lowest BCUT2D eigenvalue weighted by Crippen LogP contribution is -2.54. The van der Waals surface area contributed by atoms with E-state index in [1.807, 2.05) is 55.5 Å². The largest absolute Gasteiger partial charge is 0.493 e. The topological polar surface area (TPSA) is 79.0 Å². The molecule has 0 radical (unpaired) electrons. The molecule has 7 rings (SSSR count). The minimum Gasteiger partial charge on any atom is -0.493 e. The van der Waals surface area contributed by atoms with Crippen molar-refractivity contribution in [2.45, 2.75) is 31.6 Å². The number of urea groups is 1. The van der Waals surface area contributed by atoms with E-state index in [4.69, 9.17) is 16.3 Å². The number of halogens is 1. The SMILES string of the molecule is CCOc1ccc(Cl)cc1/C=C1\C(=O)NC(=O)N(c2cc3c4c(c2)[C@H](c2ccccc2)CCN4CC[C@@H]3c2ccccc2)C1=O. The summed E-state index contributed by atoms with van der Waals surface area (Å²) in [5.74, 6) is -0.808. The van der Waals surface area contributed by atoms with Gasteiger partial charge < -0.3 is 9.64 Å². The summed E-state index contributed by atoms with van der Waals surface area (Å²) >= 11 is 6.26. The number of hydrogen-bond acceptors (Lipinski definition) is 5. The van der Waals surface area contributed by atoms with E-state index in [-0.39, 0.29) is 17.4 Å². The molecule has 0 unspecified atom stereocenters. The molecule has 4 aromatic carbocycles. The maximum absolute atomic E-state index is 14.1. The average molecular weight is 618 g/mol. The molecule has 0 aromatic heterocycles. The molecule has 8 heteroatoms. The average Bonchev–Trinajstić information content (AvgIpc) is 3.05. The molecule has 0 bridgehead atoms. The first kappa shape index (κ1) is 28.9. The van der Waals surface area contributed by atoms with Crippen LogP contribution in [0.15, 0.2) is 96.6 Å². The molecule has 3 heterocycles. The normalized spacial score (nSPS) is 20.2. The van der Waals surface area contributed by atoms with Crippen molar-refractivity contribution in [2.75, 3.05) is 29.5 Å². The zero-order valence-corrected chi connectivity index (χ0v) is 25.6. The Morgan fingerprint density at radius 3 is 2.02 bits per heavy atom. The fourth-order valence-electron chi connectivity index (χ4n) is 6.94. The Bertz CT molecular complexity index is 1770. The highest BCUT2D eigenvalue weighted by Crippen LogP contribution is 2.50. The summed E-state index contributed by atoms with van der Waals surface area (Å²) in [6.07, 6.45) is 3.26. The van der Waals surface area contributed by atoms with Crippen LogP contribution in [0.25, 0.3) is 6.08 Å². The third-order valence-corrected chi connectivity index (χ3v) is 9.17. The minimum absolute atomic E-state index is 0.0884. The first-order valence-corrected chi connectivity index (χ1v) is 15.7. The van der Waals surface area contributed by atoms with Crippen LogP contribution in [0.5, 0.6) is 5.75 Å². The Hall–Kier alpha value is -4.88. The van der Waals surface area contributed by atoms with Gasteiger partial charge in [-0.1, -0.05) is 72.3 Å². The predicted molar refractivity (Wildman–Crippen MR) is 176 cm³/mol. The maximum Gasteiger partial charge on any atom is 0.335 e. The third-order valence-electron chi connectivity index (χ3n) is 8.93. The Balaban J connectivity index is 1.39. The lowest BCUT2D eigenvalue weighted by atomic mass is 9.76. The highest BCUT2D eigenvalue weighted by Gasteiger charge is 2.40. The molecule has 4 aromatic rings. The lowest BCUT2D eigenvalue weighted by molar-refractivity contribution is -0.122. The summed E-state index contributed by atoms with van der Waals surface area (Å²) in [5.41, 5.74) is 6.45. The van der Waals surface area contributed by atoms with Crippen LogP contribution in [0, 0.1) is 0 Å². The number of carbonyl (C=O) groups is 3. The van der Waals surface area contributed by atoms with Gasteiger partial charge in [0.05, 0.1) is 12.3 Å².